The smallest absolute Gasteiger partial charge is 0.253 e. The van der Waals surface area contributed by atoms with Crippen LogP contribution in [0, 0.1) is 0 Å². The first-order chi connectivity index (χ1) is 16.8. The number of carbonyl (C=O) groups is 1. The molecule has 1 aliphatic heterocycles. The quantitative estimate of drug-likeness (QED) is 0.406. The lowest BCUT2D eigenvalue weighted by molar-refractivity contribution is -0.139. The molecule has 2 N–H and O–H groups in total. The van der Waals surface area contributed by atoms with Crippen LogP contribution in [0.5, 0.6) is 0 Å². The van der Waals surface area contributed by atoms with Gasteiger partial charge in [0.2, 0.25) is 5.91 Å². The third-order valence-corrected chi connectivity index (χ3v) is 9.58. The third-order valence-electron chi connectivity index (χ3n) is 5.98. The van der Waals surface area contributed by atoms with Crippen LogP contribution in [0.2, 0.25) is 5.02 Å². The number of fused-ring (bicyclic) bond motifs is 2. The van der Waals surface area contributed by atoms with Gasteiger partial charge in [0.05, 0.1) is 24.7 Å². The van der Waals surface area contributed by atoms with Gasteiger partial charge in [-0.25, -0.2) is 18.4 Å². The number of carbonyl (C=O) groups excluding carboxylic acids is 1. The van der Waals surface area contributed by atoms with Crippen molar-refractivity contribution in [1.29, 1.82) is 0 Å². The molecule has 1 fully saturated rings. The highest BCUT2D eigenvalue weighted by Gasteiger charge is 2.39. The molecule has 0 radical (unpaired) electrons. The van der Waals surface area contributed by atoms with Crippen LogP contribution in [0.15, 0.2) is 53.0 Å². The maximum absolute atomic E-state index is 13.4. The minimum atomic E-state index is -3.88. The zero-order valence-electron chi connectivity index (χ0n) is 18.7. The van der Waals surface area contributed by atoms with E-state index in [2.05, 4.69) is 9.97 Å². The van der Waals surface area contributed by atoms with E-state index in [9.17, 15) is 13.2 Å². The number of nitrogens with two attached hydrogens (primary N) is 1. The van der Waals surface area contributed by atoms with E-state index >= 15 is 0 Å². The summed E-state index contributed by atoms with van der Waals surface area (Å²) in [6.07, 6.45) is 1.39. The van der Waals surface area contributed by atoms with Crippen LogP contribution >= 0.6 is 22.9 Å². The summed E-state index contributed by atoms with van der Waals surface area (Å²) in [5.74, 6) is 0.0885. The van der Waals surface area contributed by atoms with Crippen LogP contribution in [-0.4, -0.2) is 66.3 Å². The molecular weight excluding hydrogens is 510 g/mol. The first kappa shape index (κ1) is 23.9. The van der Waals surface area contributed by atoms with E-state index in [1.165, 1.54) is 17.7 Å². The Morgan fingerprint density at radius 3 is 2.83 bits per heavy atom. The second-order valence-electron chi connectivity index (χ2n) is 8.29. The van der Waals surface area contributed by atoms with E-state index in [0.717, 1.165) is 32.4 Å². The summed E-state index contributed by atoms with van der Waals surface area (Å²) in [4.78, 5) is 23.1. The zero-order chi connectivity index (χ0) is 24.7. The van der Waals surface area contributed by atoms with Gasteiger partial charge < -0.3 is 15.4 Å². The molecular formula is C23H22ClN5O4S2. The van der Waals surface area contributed by atoms with E-state index < -0.39 is 16.1 Å². The number of ether oxygens (including phenoxy) is 1. The number of hydrogen-bond acceptors (Lipinski definition) is 8. The zero-order valence-corrected chi connectivity index (χ0v) is 21.1. The number of hydrogen-bond donors (Lipinski definition) is 1. The highest BCUT2D eigenvalue weighted by molar-refractivity contribution is 7.91. The first-order valence-electron chi connectivity index (χ1n) is 10.7. The van der Waals surface area contributed by atoms with Gasteiger partial charge in [-0.2, -0.15) is 4.31 Å². The Morgan fingerprint density at radius 2 is 2.03 bits per heavy atom. The molecule has 2 aromatic carbocycles. The molecule has 5 rings (SSSR count). The van der Waals surface area contributed by atoms with Gasteiger partial charge in [0.25, 0.3) is 10.0 Å². The number of aromatic nitrogens is 2. The summed E-state index contributed by atoms with van der Waals surface area (Å²) in [6, 6.07) is 12.0. The van der Waals surface area contributed by atoms with Crippen molar-refractivity contribution < 1.29 is 17.9 Å². The van der Waals surface area contributed by atoms with Gasteiger partial charge in [0, 0.05) is 35.3 Å². The molecule has 1 aliphatic rings. The average Bonchev–Trinajstić information content (AvgIpc) is 3.25. The van der Waals surface area contributed by atoms with E-state index in [1.54, 1.807) is 29.2 Å². The lowest BCUT2D eigenvalue weighted by Gasteiger charge is -2.40. The SMILES string of the molecule is COCC1CN(S(=O)(=O)c2cc3ccc(Cl)cc3s2)CC(=O)N1Cc1ccc2c(N)ncnc2c1. The number of halogens is 1. The molecule has 1 unspecified atom stereocenters. The van der Waals surface area contributed by atoms with Crippen LogP contribution in [0.1, 0.15) is 5.56 Å². The Morgan fingerprint density at radius 1 is 1.20 bits per heavy atom. The molecule has 0 spiro atoms. The molecule has 35 heavy (non-hydrogen) atoms. The van der Waals surface area contributed by atoms with E-state index in [-0.39, 0.29) is 29.8 Å². The number of piperazine rings is 1. The van der Waals surface area contributed by atoms with Gasteiger partial charge in [-0.05, 0) is 41.3 Å². The largest absolute Gasteiger partial charge is 0.383 e. The minimum absolute atomic E-state index is 0.125. The molecule has 4 aromatic rings. The number of thiophene rings is 1. The first-order valence-corrected chi connectivity index (χ1v) is 13.4. The second-order valence-corrected chi connectivity index (χ2v) is 12.0. The highest BCUT2D eigenvalue weighted by atomic mass is 35.5. The molecule has 0 aliphatic carbocycles. The van der Waals surface area contributed by atoms with Crippen LogP contribution in [-0.2, 0) is 26.1 Å². The fraction of sp³-hybridized carbons (Fsp3) is 0.261. The molecule has 0 saturated carbocycles. The predicted molar refractivity (Wildman–Crippen MR) is 136 cm³/mol. The molecule has 12 heteroatoms. The lowest BCUT2D eigenvalue weighted by Crippen LogP contribution is -2.58. The van der Waals surface area contributed by atoms with Crippen molar-refractivity contribution in [2.75, 3.05) is 32.5 Å². The normalized spacial score (nSPS) is 17.5. The molecule has 1 saturated heterocycles. The summed E-state index contributed by atoms with van der Waals surface area (Å²) < 4.78 is 34.4. The van der Waals surface area contributed by atoms with E-state index in [0.29, 0.717) is 22.9 Å². The molecule has 182 valence electrons. The topological polar surface area (TPSA) is 119 Å². The monoisotopic (exact) mass is 531 g/mol. The molecule has 1 atom stereocenters. The highest BCUT2D eigenvalue weighted by Crippen LogP contribution is 2.33. The fourth-order valence-electron chi connectivity index (χ4n) is 4.23. The Kier molecular flexibility index (Phi) is 6.36. The Labute approximate surface area is 211 Å². The molecule has 3 heterocycles. The lowest BCUT2D eigenvalue weighted by atomic mass is 10.1. The summed E-state index contributed by atoms with van der Waals surface area (Å²) in [5, 5.41) is 2.06. The number of methoxy groups -OCH3 is 1. The molecule has 2 aromatic heterocycles. The minimum Gasteiger partial charge on any atom is -0.383 e. The standard InChI is InChI=1S/C23H22ClN5O4S2/c1-33-12-17-10-28(35(31,32)22-7-15-3-4-16(24)8-20(15)34-22)11-21(30)29(17)9-14-2-5-18-19(6-14)26-13-27-23(18)25/h2-8,13,17H,9-12H2,1H3,(H2,25,26,27). The van der Waals surface area contributed by atoms with Crippen LogP contribution < -0.4 is 5.73 Å². The molecule has 0 bridgehead atoms. The van der Waals surface area contributed by atoms with Gasteiger partial charge >= 0.3 is 0 Å². The van der Waals surface area contributed by atoms with Crippen molar-refractivity contribution in [1.82, 2.24) is 19.2 Å². The van der Waals surface area contributed by atoms with Gasteiger partial charge in [-0.3, -0.25) is 4.79 Å². The maximum Gasteiger partial charge on any atom is 0.253 e. The number of nitrogens with zero attached hydrogens (tertiary/aromatic N) is 4. The van der Waals surface area contributed by atoms with Crippen molar-refractivity contribution in [3.05, 3.63) is 59.4 Å². The number of nitrogen functional groups attached to an aromatic ring is 1. The van der Waals surface area contributed by atoms with Gasteiger partial charge in [-0.1, -0.05) is 23.7 Å². The van der Waals surface area contributed by atoms with E-state index in [1.807, 2.05) is 18.2 Å². The fourth-order valence-corrected chi connectivity index (χ4v) is 7.49. The molecule has 1 amide bonds. The molecule has 9 nitrogen and oxygen atoms in total. The maximum atomic E-state index is 13.4. The number of amides is 1. The Hall–Kier alpha value is -2.83. The second kappa shape index (κ2) is 9.32. The Bertz CT molecular complexity index is 1540. The van der Waals surface area contributed by atoms with Crippen molar-refractivity contribution in [2.24, 2.45) is 0 Å². The van der Waals surface area contributed by atoms with E-state index in [4.69, 9.17) is 22.1 Å². The van der Waals surface area contributed by atoms with Crippen molar-refractivity contribution >= 4 is 65.7 Å². The van der Waals surface area contributed by atoms with Crippen LogP contribution in [0.4, 0.5) is 5.82 Å². The van der Waals surface area contributed by atoms with Crippen LogP contribution in [0.25, 0.3) is 21.0 Å². The van der Waals surface area contributed by atoms with Crippen molar-refractivity contribution in [3.8, 4) is 0 Å². The van der Waals surface area contributed by atoms with Gasteiger partial charge in [0.1, 0.15) is 16.4 Å². The third kappa shape index (κ3) is 4.57. The number of benzene rings is 2. The summed E-state index contributed by atoms with van der Waals surface area (Å²) >= 11 is 7.20. The number of sulfonamides is 1. The number of rotatable bonds is 6. The summed E-state index contributed by atoms with van der Waals surface area (Å²) in [7, 11) is -2.35. The number of anilines is 1. The summed E-state index contributed by atoms with van der Waals surface area (Å²) in [6.45, 7) is 0.365. The van der Waals surface area contributed by atoms with Gasteiger partial charge in [0.15, 0.2) is 0 Å². The average molecular weight is 532 g/mol. The van der Waals surface area contributed by atoms with Crippen LogP contribution in [0.3, 0.4) is 0 Å². The Balaban J connectivity index is 1.41. The van der Waals surface area contributed by atoms with Crippen molar-refractivity contribution in [2.45, 2.75) is 16.8 Å². The van der Waals surface area contributed by atoms with Gasteiger partial charge in [-0.15, -0.1) is 11.3 Å². The predicted octanol–water partition coefficient (Wildman–Crippen LogP) is 3.13. The summed E-state index contributed by atoms with van der Waals surface area (Å²) in [5.41, 5.74) is 7.44. The van der Waals surface area contributed by atoms with Crippen molar-refractivity contribution in [3.63, 3.8) is 0 Å².